The van der Waals surface area contributed by atoms with E-state index in [4.69, 9.17) is 4.74 Å². The third-order valence-corrected chi connectivity index (χ3v) is 5.47. The van der Waals surface area contributed by atoms with E-state index in [-0.39, 0.29) is 12.1 Å². The van der Waals surface area contributed by atoms with Crippen molar-refractivity contribution < 1.29 is 14.3 Å². The number of likely N-dealkylation sites (tertiary alicyclic amines) is 1. The molecular weight excluding hydrogens is 356 g/mol. The number of morpholine rings is 1. The van der Waals surface area contributed by atoms with Gasteiger partial charge >= 0.3 is 5.97 Å². The van der Waals surface area contributed by atoms with Crippen LogP contribution in [-0.2, 0) is 20.8 Å². The number of carbonyl (C=O) groups excluding carboxylic acids is 1. The summed E-state index contributed by atoms with van der Waals surface area (Å²) in [7, 11) is 3.25. The zero-order chi connectivity index (χ0) is 19.8. The number of guanidine groups is 1. The number of esters is 1. The first-order valence-corrected chi connectivity index (χ1v) is 10.1. The third-order valence-electron chi connectivity index (χ3n) is 5.47. The smallest absolute Gasteiger partial charge is 0.305 e. The summed E-state index contributed by atoms with van der Waals surface area (Å²) in [5.41, 5.74) is 1.34. The Labute approximate surface area is 167 Å². The largest absolute Gasteiger partial charge is 0.469 e. The maximum absolute atomic E-state index is 11.2. The molecule has 2 aliphatic rings. The minimum Gasteiger partial charge on any atom is -0.469 e. The van der Waals surface area contributed by atoms with Gasteiger partial charge in [-0.3, -0.25) is 14.7 Å². The molecule has 7 heteroatoms. The van der Waals surface area contributed by atoms with Gasteiger partial charge in [-0.05, 0) is 18.4 Å². The molecule has 2 fully saturated rings. The Morgan fingerprint density at radius 1 is 1.29 bits per heavy atom. The van der Waals surface area contributed by atoms with Crippen LogP contribution in [0.4, 0.5) is 0 Å². The summed E-state index contributed by atoms with van der Waals surface area (Å²) in [5, 5.41) is 3.43. The molecule has 0 spiro atoms. The van der Waals surface area contributed by atoms with Crippen LogP contribution in [0.2, 0.25) is 0 Å². The van der Waals surface area contributed by atoms with Gasteiger partial charge in [0.25, 0.3) is 0 Å². The van der Waals surface area contributed by atoms with E-state index in [1.807, 2.05) is 7.05 Å². The predicted molar refractivity (Wildman–Crippen MR) is 109 cm³/mol. The molecule has 154 valence electrons. The number of benzene rings is 1. The quantitative estimate of drug-likeness (QED) is 0.330. The normalized spacial score (nSPS) is 22.8. The molecule has 1 aromatic carbocycles. The molecule has 2 aliphatic heterocycles. The van der Waals surface area contributed by atoms with Crippen LogP contribution in [0.3, 0.4) is 0 Å². The van der Waals surface area contributed by atoms with Crippen molar-refractivity contribution in [3.63, 3.8) is 0 Å². The highest BCUT2D eigenvalue weighted by Gasteiger charge is 2.41. The van der Waals surface area contributed by atoms with Gasteiger partial charge < -0.3 is 19.7 Å². The van der Waals surface area contributed by atoms with Crippen molar-refractivity contribution in [1.29, 1.82) is 0 Å². The summed E-state index contributed by atoms with van der Waals surface area (Å²) >= 11 is 0. The number of nitrogens with zero attached hydrogens (tertiary/aromatic N) is 3. The SMILES string of the molecule is CN=C(NCCCCC(=O)OC)N1CC2OCCN(Cc3ccccc3)C2C1. The molecule has 0 saturated carbocycles. The Kier molecular flexibility index (Phi) is 7.68. The van der Waals surface area contributed by atoms with E-state index in [1.54, 1.807) is 0 Å². The third kappa shape index (κ3) is 5.45. The molecule has 2 saturated heterocycles. The fraction of sp³-hybridized carbons (Fsp3) is 0.619. The number of nitrogens with one attached hydrogen (secondary N) is 1. The Hall–Kier alpha value is -2.12. The second kappa shape index (κ2) is 10.4. The number of aliphatic imine (C=N–C) groups is 1. The number of methoxy groups -OCH3 is 1. The van der Waals surface area contributed by atoms with Crippen LogP contribution < -0.4 is 5.32 Å². The Balaban J connectivity index is 1.49. The molecule has 7 nitrogen and oxygen atoms in total. The van der Waals surface area contributed by atoms with E-state index in [1.165, 1.54) is 12.7 Å². The Bertz CT molecular complexity index is 652. The average molecular weight is 389 g/mol. The van der Waals surface area contributed by atoms with Crippen LogP contribution in [-0.4, -0.2) is 80.8 Å². The van der Waals surface area contributed by atoms with Crippen LogP contribution in [0.5, 0.6) is 0 Å². The number of unbranched alkanes of at least 4 members (excludes halogenated alkanes) is 1. The summed E-state index contributed by atoms with van der Waals surface area (Å²) in [5.74, 6) is 0.763. The minimum absolute atomic E-state index is 0.149. The van der Waals surface area contributed by atoms with Crippen molar-refractivity contribution >= 4 is 11.9 Å². The van der Waals surface area contributed by atoms with Gasteiger partial charge in [0, 0.05) is 46.2 Å². The maximum Gasteiger partial charge on any atom is 0.305 e. The molecule has 0 amide bonds. The summed E-state index contributed by atoms with van der Waals surface area (Å²) < 4.78 is 10.7. The van der Waals surface area contributed by atoms with Crippen molar-refractivity contribution in [2.75, 3.05) is 46.9 Å². The lowest BCUT2D eigenvalue weighted by Crippen LogP contribution is -2.50. The van der Waals surface area contributed by atoms with Gasteiger partial charge in [-0.1, -0.05) is 30.3 Å². The highest BCUT2D eigenvalue weighted by Crippen LogP contribution is 2.24. The second-order valence-electron chi connectivity index (χ2n) is 7.34. The van der Waals surface area contributed by atoms with E-state index in [0.717, 1.165) is 58.1 Å². The molecule has 0 radical (unpaired) electrons. The first-order chi connectivity index (χ1) is 13.7. The molecule has 2 heterocycles. The zero-order valence-electron chi connectivity index (χ0n) is 17.0. The molecule has 2 atom stereocenters. The maximum atomic E-state index is 11.2. The lowest BCUT2D eigenvalue weighted by Gasteiger charge is -2.36. The van der Waals surface area contributed by atoms with Crippen LogP contribution in [0, 0.1) is 0 Å². The molecule has 1 aromatic rings. The zero-order valence-corrected chi connectivity index (χ0v) is 17.0. The molecular formula is C21H32N4O3. The van der Waals surface area contributed by atoms with Crippen LogP contribution in [0.25, 0.3) is 0 Å². The van der Waals surface area contributed by atoms with Gasteiger partial charge in [0.05, 0.1) is 25.9 Å². The fourth-order valence-electron chi connectivity index (χ4n) is 3.97. The highest BCUT2D eigenvalue weighted by atomic mass is 16.5. The summed E-state index contributed by atoms with van der Waals surface area (Å²) in [6.07, 6.45) is 2.41. The first kappa shape index (κ1) is 20.6. The van der Waals surface area contributed by atoms with E-state index in [2.05, 4.69) is 55.2 Å². The number of hydrogen-bond donors (Lipinski definition) is 1. The molecule has 2 unspecified atom stereocenters. The van der Waals surface area contributed by atoms with Crippen molar-refractivity contribution in [1.82, 2.24) is 15.1 Å². The number of hydrogen-bond acceptors (Lipinski definition) is 5. The number of fused-ring (bicyclic) bond motifs is 1. The van der Waals surface area contributed by atoms with Gasteiger partial charge in [0.15, 0.2) is 5.96 Å². The number of ether oxygens (including phenoxy) is 2. The van der Waals surface area contributed by atoms with Crippen LogP contribution in [0.1, 0.15) is 24.8 Å². The van der Waals surface area contributed by atoms with Crippen molar-refractivity contribution in [3.8, 4) is 0 Å². The molecule has 1 N–H and O–H groups in total. The molecule has 0 bridgehead atoms. The van der Waals surface area contributed by atoms with Crippen LogP contribution >= 0.6 is 0 Å². The number of rotatable bonds is 7. The summed E-state index contributed by atoms with van der Waals surface area (Å²) in [4.78, 5) is 20.5. The Morgan fingerprint density at radius 2 is 2.11 bits per heavy atom. The summed E-state index contributed by atoms with van der Waals surface area (Å²) in [6, 6.07) is 11.0. The van der Waals surface area contributed by atoms with E-state index in [0.29, 0.717) is 12.5 Å². The minimum atomic E-state index is -0.149. The van der Waals surface area contributed by atoms with Crippen LogP contribution in [0.15, 0.2) is 35.3 Å². The summed E-state index contributed by atoms with van der Waals surface area (Å²) in [6.45, 7) is 5.27. The van der Waals surface area contributed by atoms with Gasteiger partial charge in [-0.2, -0.15) is 0 Å². The molecule has 0 aromatic heterocycles. The lowest BCUT2D eigenvalue weighted by molar-refractivity contribution is -0.140. The first-order valence-electron chi connectivity index (χ1n) is 10.1. The highest BCUT2D eigenvalue weighted by molar-refractivity contribution is 5.80. The van der Waals surface area contributed by atoms with Gasteiger partial charge in [-0.25, -0.2) is 0 Å². The lowest BCUT2D eigenvalue weighted by atomic mass is 10.1. The molecule has 3 rings (SSSR count). The van der Waals surface area contributed by atoms with E-state index in [9.17, 15) is 4.79 Å². The van der Waals surface area contributed by atoms with Gasteiger partial charge in [0.2, 0.25) is 0 Å². The van der Waals surface area contributed by atoms with E-state index < -0.39 is 0 Å². The molecule has 0 aliphatic carbocycles. The standard InChI is InChI=1S/C21H32N4O3/c1-22-21(23-11-7-6-10-20(26)27-2)25-15-18-19(16-25)28-13-12-24(18)14-17-8-4-3-5-9-17/h3-5,8-9,18-19H,6-7,10-16H2,1-2H3,(H,22,23). The molecule has 28 heavy (non-hydrogen) atoms. The second-order valence-corrected chi connectivity index (χ2v) is 7.34. The topological polar surface area (TPSA) is 66.4 Å². The fourth-order valence-corrected chi connectivity index (χ4v) is 3.97. The van der Waals surface area contributed by atoms with E-state index >= 15 is 0 Å². The average Bonchev–Trinajstić information content (AvgIpc) is 3.16. The van der Waals surface area contributed by atoms with Crippen molar-refractivity contribution in [2.45, 2.75) is 38.0 Å². The van der Waals surface area contributed by atoms with Crippen molar-refractivity contribution in [2.24, 2.45) is 4.99 Å². The monoisotopic (exact) mass is 388 g/mol. The predicted octanol–water partition coefficient (Wildman–Crippen LogP) is 1.49. The van der Waals surface area contributed by atoms with Crippen molar-refractivity contribution in [3.05, 3.63) is 35.9 Å². The van der Waals surface area contributed by atoms with Gasteiger partial charge in [-0.15, -0.1) is 0 Å². The van der Waals surface area contributed by atoms with Gasteiger partial charge in [0.1, 0.15) is 0 Å². The Morgan fingerprint density at radius 3 is 2.86 bits per heavy atom. The number of carbonyl (C=O) groups is 1.